The Labute approximate surface area is 81.4 Å². The van der Waals surface area contributed by atoms with Crippen molar-refractivity contribution >= 4 is 36.4 Å². The number of hydrogen-bond acceptors (Lipinski definition) is 2. The molecule has 64 valence electrons. The standard InChI is InChI=1S/C6H8O4.Sb.3H/c1-3(5(7)8)4(2)6(9)10;;;;/h4H,1H2,2H3,(H,7,8)(H,9,10);;;;. The van der Waals surface area contributed by atoms with E-state index in [1.807, 2.05) is 0 Å². The van der Waals surface area contributed by atoms with Gasteiger partial charge in [0.2, 0.25) is 0 Å². The molecule has 5 heteroatoms. The van der Waals surface area contributed by atoms with Crippen LogP contribution in [0.3, 0.4) is 0 Å². The quantitative estimate of drug-likeness (QED) is 0.517. The van der Waals surface area contributed by atoms with Crippen LogP contribution in [-0.4, -0.2) is 46.6 Å². The Morgan fingerprint density at radius 1 is 1.36 bits per heavy atom. The van der Waals surface area contributed by atoms with E-state index in [0.29, 0.717) is 0 Å². The van der Waals surface area contributed by atoms with Crippen LogP contribution in [0, 0.1) is 5.92 Å². The summed E-state index contributed by atoms with van der Waals surface area (Å²) < 4.78 is 0. The summed E-state index contributed by atoms with van der Waals surface area (Å²) in [7, 11) is 0. The van der Waals surface area contributed by atoms with Crippen molar-refractivity contribution in [1.29, 1.82) is 0 Å². The van der Waals surface area contributed by atoms with Gasteiger partial charge in [0.05, 0.1) is 5.92 Å². The van der Waals surface area contributed by atoms with Gasteiger partial charge in [-0.05, 0) is 6.92 Å². The van der Waals surface area contributed by atoms with E-state index in [9.17, 15) is 9.59 Å². The summed E-state index contributed by atoms with van der Waals surface area (Å²) in [6.45, 7) is 4.37. The van der Waals surface area contributed by atoms with Crippen molar-refractivity contribution in [1.82, 2.24) is 0 Å². The third-order valence-electron chi connectivity index (χ3n) is 1.17. The van der Waals surface area contributed by atoms with Gasteiger partial charge in [0.25, 0.3) is 0 Å². The molecule has 4 nitrogen and oxygen atoms in total. The van der Waals surface area contributed by atoms with E-state index in [-0.39, 0.29) is 30.0 Å². The molecule has 0 radical (unpaired) electrons. The van der Waals surface area contributed by atoms with Crippen molar-refractivity contribution < 1.29 is 19.8 Å². The summed E-state index contributed by atoms with van der Waals surface area (Å²) in [4.78, 5) is 20.2. The third-order valence-corrected chi connectivity index (χ3v) is 1.17. The molecule has 0 heterocycles. The van der Waals surface area contributed by atoms with Crippen LogP contribution in [0.5, 0.6) is 0 Å². The molecule has 0 aliphatic heterocycles. The monoisotopic (exact) mass is 268 g/mol. The molecule has 0 amide bonds. The van der Waals surface area contributed by atoms with E-state index in [0.717, 1.165) is 0 Å². The molecule has 1 atom stereocenters. The summed E-state index contributed by atoms with van der Waals surface area (Å²) in [5.41, 5.74) is -0.299. The van der Waals surface area contributed by atoms with Crippen LogP contribution in [0.4, 0.5) is 0 Å². The molecule has 0 fully saturated rings. The number of hydrogen-bond donors (Lipinski definition) is 2. The van der Waals surface area contributed by atoms with Gasteiger partial charge in [-0.2, -0.15) is 0 Å². The SMILES string of the molecule is C=C(C(=O)O)C(C)C(=O)O.[SbH3]. The van der Waals surface area contributed by atoms with Gasteiger partial charge in [-0.25, -0.2) is 4.79 Å². The topological polar surface area (TPSA) is 74.6 Å². The van der Waals surface area contributed by atoms with Gasteiger partial charge in [0, 0.05) is 5.57 Å². The predicted molar refractivity (Wildman–Crippen MR) is 43.5 cm³/mol. The fraction of sp³-hybridized carbons (Fsp3) is 0.333. The molecule has 0 saturated heterocycles. The van der Waals surface area contributed by atoms with Crippen LogP contribution in [-0.2, 0) is 9.59 Å². The number of carbonyl (C=O) groups is 2. The molecule has 0 aromatic rings. The van der Waals surface area contributed by atoms with Crippen LogP contribution in [0.2, 0.25) is 0 Å². The van der Waals surface area contributed by atoms with Crippen LogP contribution in [0.25, 0.3) is 0 Å². The zero-order chi connectivity index (χ0) is 8.31. The average molecular weight is 269 g/mol. The molecule has 11 heavy (non-hydrogen) atoms. The second-order valence-corrected chi connectivity index (χ2v) is 1.89. The molecule has 0 rings (SSSR count). The van der Waals surface area contributed by atoms with Crippen molar-refractivity contribution in [3.8, 4) is 0 Å². The maximum atomic E-state index is 10.1. The van der Waals surface area contributed by atoms with Gasteiger partial charge >= 0.3 is 36.4 Å². The van der Waals surface area contributed by atoms with Gasteiger partial charge in [-0.3, -0.25) is 4.79 Å². The zero-order valence-electron chi connectivity index (χ0n) is 6.20. The second kappa shape index (κ2) is 5.19. The maximum absolute atomic E-state index is 10.1. The van der Waals surface area contributed by atoms with E-state index >= 15 is 0 Å². The summed E-state index contributed by atoms with van der Waals surface area (Å²) in [5, 5.41) is 16.5. The van der Waals surface area contributed by atoms with Crippen molar-refractivity contribution in [2.75, 3.05) is 0 Å². The third kappa shape index (κ3) is 4.04. The first-order valence-electron chi connectivity index (χ1n) is 2.61. The molecule has 0 aliphatic carbocycles. The minimum atomic E-state index is -1.27. The minimum absolute atomic E-state index is 0. The summed E-state index contributed by atoms with van der Waals surface area (Å²) in [5.74, 6) is -3.46. The zero-order valence-corrected chi connectivity index (χ0v) is 10.2. The van der Waals surface area contributed by atoms with Crippen molar-refractivity contribution in [3.05, 3.63) is 12.2 Å². The second-order valence-electron chi connectivity index (χ2n) is 1.89. The molecule has 0 spiro atoms. The van der Waals surface area contributed by atoms with E-state index in [1.54, 1.807) is 0 Å². The molecular formula is C6H11O4Sb. The first-order chi connectivity index (χ1) is 4.46. The number of carboxylic acids is 2. The fourth-order valence-corrected chi connectivity index (χ4v) is 0.334. The van der Waals surface area contributed by atoms with Gasteiger partial charge in [0.1, 0.15) is 0 Å². The Morgan fingerprint density at radius 3 is 1.82 bits per heavy atom. The Balaban J connectivity index is 0. The van der Waals surface area contributed by atoms with Crippen LogP contribution in [0.1, 0.15) is 6.92 Å². The van der Waals surface area contributed by atoms with E-state index in [1.165, 1.54) is 6.92 Å². The predicted octanol–water partition coefficient (Wildman–Crippen LogP) is -0.836. The summed E-state index contributed by atoms with van der Waals surface area (Å²) in [6, 6.07) is 0. The van der Waals surface area contributed by atoms with Gasteiger partial charge in [0.15, 0.2) is 0 Å². The Morgan fingerprint density at radius 2 is 1.73 bits per heavy atom. The Bertz CT molecular complexity index is 187. The van der Waals surface area contributed by atoms with Crippen molar-refractivity contribution in [2.24, 2.45) is 5.92 Å². The first kappa shape index (κ1) is 13.1. The van der Waals surface area contributed by atoms with Crippen molar-refractivity contribution in [3.63, 3.8) is 0 Å². The molecule has 1 unspecified atom stereocenters. The van der Waals surface area contributed by atoms with E-state index in [2.05, 4.69) is 6.58 Å². The Hall–Kier alpha value is -0.502. The molecule has 0 aliphatic rings. The normalized spacial score (nSPS) is 11.0. The summed E-state index contributed by atoms with van der Waals surface area (Å²) in [6.07, 6.45) is 0. The van der Waals surface area contributed by atoms with Crippen LogP contribution < -0.4 is 0 Å². The molecule has 0 saturated carbocycles. The molecule has 0 bridgehead atoms. The number of aliphatic carboxylic acids is 2. The molecule has 0 aromatic heterocycles. The van der Waals surface area contributed by atoms with Gasteiger partial charge in [-0.15, -0.1) is 0 Å². The number of carboxylic acid groups (broad SMARTS) is 2. The Kier molecular flexibility index (Phi) is 6.19. The number of rotatable bonds is 3. The first-order valence-corrected chi connectivity index (χ1v) is 2.61. The molecular weight excluding hydrogens is 258 g/mol. The van der Waals surface area contributed by atoms with Gasteiger partial charge in [-0.1, -0.05) is 6.58 Å². The van der Waals surface area contributed by atoms with Crippen LogP contribution in [0.15, 0.2) is 12.2 Å². The van der Waals surface area contributed by atoms with Crippen LogP contribution >= 0.6 is 0 Å². The summed E-state index contributed by atoms with van der Waals surface area (Å²) >= 11 is 0. The van der Waals surface area contributed by atoms with Gasteiger partial charge < -0.3 is 10.2 Å². The van der Waals surface area contributed by atoms with Crippen molar-refractivity contribution in [2.45, 2.75) is 6.92 Å². The molecule has 2 N–H and O–H groups in total. The molecule has 0 aromatic carbocycles. The average Bonchev–Trinajstić information content (AvgIpc) is 1.84. The van der Waals surface area contributed by atoms with E-state index in [4.69, 9.17) is 10.2 Å². The fourth-order valence-electron chi connectivity index (χ4n) is 0.334. The van der Waals surface area contributed by atoms with E-state index < -0.39 is 17.9 Å².